The van der Waals surface area contributed by atoms with Crippen LogP contribution in [0, 0.1) is 11.3 Å². The van der Waals surface area contributed by atoms with Gasteiger partial charge in [0.1, 0.15) is 11.7 Å². The number of nitriles is 1. The molecular weight excluding hydrogens is 396 g/mol. The largest absolute Gasteiger partial charge is 0.330 e. The maximum Gasteiger partial charge on any atom is 0.282 e. The second-order valence-corrected chi connectivity index (χ2v) is 8.31. The highest BCUT2D eigenvalue weighted by Gasteiger charge is 2.28. The zero-order valence-electron chi connectivity index (χ0n) is 16.2. The molecule has 4 rings (SSSR count). The van der Waals surface area contributed by atoms with E-state index in [1.54, 1.807) is 47.0 Å². The van der Waals surface area contributed by atoms with Crippen molar-refractivity contribution in [1.29, 1.82) is 5.26 Å². The number of nitrogens with zero attached hydrogens (tertiary/aromatic N) is 4. The van der Waals surface area contributed by atoms with Gasteiger partial charge in [0, 0.05) is 7.05 Å². The van der Waals surface area contributed by atoms with Crippen LogP contribution in [-0.2, 0) is 17.1 Å². The minimum absolute atomic E-state index is 0.0696. The summed E-state index contributed by atoms with van der Waals surface area (Å²) in [4.78, 5) is 4.67. The maximum atomic E-state index is 13.0. The molecule has 0 spiro atoms. The maximum absolute atomic E-state index is 13.0. The van der Waals surface area contributed by atoms with Gasteiger partial charge < -0.3 is 4.57 Å². The molecule has 4 aromatic rings. The average Bonchev–Trinajstić information content (AvgIpc) is 3.11. The highest BCUT2D eigenvalue weighted by atomic mass is 32.2. The van der Waals surface area contributed by atoms with Crippen molar-refractivity contribution in [2.75, 3.05) is 0 Å². The van der Waals surface area contributed by atoms with Crippen molar-refractivity contribution in [2.24, 2.45) is 11.4 Å². The first-order chi connectivity index (χ1) is 14.5. The summed E-state index contributed by atoms with van der Waals surface area (Å²) >= 11 is 0. The van der Waals surface area contributed by atoms with E-state index in [9.17, 15) is 13.7 Å². The van der Waals surface area contributed by atoms with Crippen LogP contribution >= 0.6 is 0 Å². The van der Waals surface area contributed by atoms with Crippen molar-refractivity contribution in [3.8, 4) is 6.07 Å². The van der Waals surface area contributed by atoms with Gasteiger partial charge in [-0.05, 0) is 29.8 Å². The SMILES string of the molecule is Cn1c(C(C#N)/C(=N\S(=O)(=O)c2ccccc2)c2ccccc2)nc2ccccc21. The normalized spacial score (nSPS) is 13.1. The molecule has 1 aromatic heterocycles. The Morgan fingerprint density at radius 2 is 1.57 bits per heavy atom. The summed E-state index contributed by atoms with van der Waals surface area (Å²) in [6.07, 6.45) is 0. The van der Waals surface area contributed by atoms with Gasteiger partial charge in [0.2, 0.25) is 0 Å². The Balaban J connectivity index is 1.93. The first kappa shape index (κ1) is 19.6. The molecule has 1 heterocycles. The predicted octanol–water partition coefficient (Wildman–Crippen LogP) is 4.06. The zero-order valence-corrected chi connectivity index (χ0v) is 17.0. The lowest BCUT2D eigenvalue weighted by Gasteiger charge is -2.13. The van der Waals surface area contributed by atoms with Crippen molar-refractivity contribution in [3.63, 3.8) is 0 Å². The van der Waals surface area contributed by atoms with Gasteiger partial charge in [-0.15, -0.1) is 0 Å². The lowest BCUT2D eigenvalue weighted by Crippen LogP contribution is -2.18. The van der Waals surface area contributed by atoms with Crippen LogP contribution in [0.3, 0.4) is 0 Å². The Hall–Kier alpha value is -3.76. The minimum atomic E-state index is -4.01. The second kappa shape index (κ2) is 7.93. The van der Waals surface area contributed by atoms with E-state index in [-0.39, 0.29) is 10.6 Å². The van der Waals surface area contributed by atoms with E-state index in [1.165, 1.54) is 12.1 Å². The van der Waals surface area contributed by atoms with Gasteiger partial charge in [-0.3, -0.25) is 0 Å². The van der Waals surface area contributed by atoms with E-state index in [4.69, 9.17) is 0 Å². The Kier molecular flexibility index (Phi) is 5.17. The number of benzene rings is 3. The van der Waals surface area contributed by atoms with E-state index in [0.29, 0.717) is 11.4 Å². The van der Waals surface area contributed by atoms with Crippen molar-refractivity contribution < 1.29 is 8.42 Å². The molecule has 0 saturated carbocycles. The molecule has 0 radical (unpaired) electrons. The fraction of sp³-hybridized carbons (Fsp3) is 0.0870. The molecule has 0 aliphatic rings. The molecule has 0 saturated heterocycles. The molecule has 0 aliphatic heterocycles. The Morgan fingerprint density at radius 1 is 0.967 bits per heavy atom. The Morgan fingerprint density at radius 3 is 2.20 bits per heavy atom. The van der Waals surface area contributed by atoms with Gasteiger partial charge in [0.25, 0.3) is 10.0 Å². The number of fused-ring (bicyclic) bond motifs is 1. The zero-order chi connectivity index (χ0) is 21.1. The summed E-state index contributed by atoms with van der Waals surface area (Å²) in [6, 6.07) is 26.6. The summed E-state index contributed by atoms with van der Waals surface area (Å²) in [5.74, 6) is -0.534. The van der Waals surface area contributed by atoms with Crippen LogP contribution < -0.4 is 0 Å². The van der Waals surface area contributed by atoms with Crippen LogP contribution in [-0.4, -0.2) is 23.7 Å². The van der Waals surface area contributed by atoms with E-state index >= 15 is 0 Å². The first-order valence-electron chi connectivity index (χ1n) is 9.27. The summed E-state index contributed by atoms with van der Waals surface area (Å²) in [7, 11) is -2.21. The predicted molar refractivity (Wildman–Crippen MR) is 116 cm³/mol. The highest BCUT2D eigenvalue weighted by molar-refractivity contribution is 7.90. The van der Waals surface area contributed by atoms with Gasteiger partial charge >= 0.3 is 0 Å². The number of imidazole rings is 1. The molecule has 0 amide bonds. The number of rotatable bonds is 5. The number of para-hydroxylation sites is 2. The average molecular weight is 414 g/mol. The van der Waals surface area contributed by atoms with Crippen molar-refractivity contribution in [2.45, 2.75) is 10.8 Å². The molecule has 0 fully saturated rings. The first-order valence-corrected chi connectivity index (χ1v) is 10.7. The summed E-state index contributed by atoms with van der Waals surface area (Å²) < 4.78 is 31.9. The second-order valence-electron chi connectivity index (χ2n) is 6.71. The lowest BCUT2D eigenvalue weighted by molar-refractivity contribution is 0.598. The van der Waals surface area contributed by atoms with E-state index in [0.717, 1.165) is 11.0 Å². The number of aromatic nitrogens is 2. The third kappa shape index (κ3) is 3.61. The molecular formula is C23H18N4O2S. The van der Waals surface area contributed by atoms with Gasteiger partial charge in [-0.1, -0.05) is 60.7 Å². The third-order valence-electron chi connectivity index (χ3n) is 4.81. The molecule has 0 N–H and O–H groups in total. The number of aryl methyl sites for hydroxylation is 1. The number of hydrogen-bond donors (Lipinski definition) is 0. The molecule has 1 unspecified atom stereocenters. The van der Waals surface area contributed by atoms with Crippen LogP contribution in [0.5, 0.6) is 0 Å². The van der Waals surface area contributed by atoms with Crippen molar-refractivity contribution >= 4 is 26.8 Å². The summed E-state index contributed by atoms with van der Waals surface area (Å²) in [5.41, 5.74) is 2.27. The smallest absolute Gasteiger partial charge is 0.282 e. The quantitative estimate of drug-likeness (QED) is 0.461. The molecule has 0 bridgehead atoms. The highest BCUT2D eigenvalue weighted by Crippen LogP contribution is 2.26. The van der Waals surface area contributed by atoms with E-state index in [1.807, 2.05) is 37.4 Å². The summed E-state index contributed by atoms with van der Waals surface area (Å²) in [6.45, 7) is 0. The van der Waals surface area contributed by atoms with Crippen molar-refractivity contribution in [1.82, 2.24) is 9.55 Å². The van der Waals surface area contributed by atoms with E-state index in [2.05, 4.69) is 15.5 Å². The standard InChI is InChI=1S/C23H18N4O2S/c1-27-21-15-9-8-14-20(21)25-23(27)19(16-24)22(17-10-4-2-5-11-17)26-30(28,29)18-12-6-3-7-13-18/h2-15,19H,1H3/b26-22-. The topological polar surface area (TPSA) is 88.1 Å². The molecule has 7 heteroatoms. The number of sulfonamides is 1. The number of hydrogen-bond acceptors (Lipinski definition) is 4. The van der Waals surface area contributed by atoms with Crippen LogP contribution in [0.15, 0.2) is 94.2 Å². The third-order valence-corrected chi connectivity index (χ3v) is 6.12. The van der Waals surface area contributed by atoms with Crippen LogP contribution in [0.25, 0.3) is 11.0 Å². The molecule has 6 nitrogen and oxygen atoms in total. The Bertz CT molecular complexity index is 1370. The molecule has 3 aromatic carbocycles. The van der Waals surface area contributed by atoms with Crippen molar-refractivity contribution in [3.05, 3.63) is 96.3 Å². The minimum Gasteiger partial charge on any atom is -0.330 e. The fourth-order valence-electron chi connectivity index (χ4n) is 3.32. The molecule has 0 aliphatic carbocycles. The molecule has 148 valence electrons. The van der Waals surface area contributed by atoms with Crippen LogP contribution in [0.1, 0.15) is 17.3 Å². The monoisotopic (exact) mass is 414 g/mol. The van der Waals surface area contributed by atoms with Crippen LogP contribution in [0.4, 0.5) is 0 Å². The van der Waals surface area contributed by atoms with E-state index < -0.39 is 15.9 Å². The van der Waals surface area contributed by atoms with Gasteiger partial charge in [-0.25, -0.2) is 4.98 Å². The van der Waals surface area contributed by atoms with Gasteiger partial charge in [0.15, 0.2) is 0 Å². The van der Waals surface area contributed by atoms with Crippen LogP contribution in [0.2, 0.25) is 0 Å². The van der Waals surface area contributed by atoms with Gasteiger partial charge in [-0.2, -0.15) is 18.1 Å². The molecule has 1 atom stereocenters. The lowest BCUT2D eigenvalue weighted by atomic mass is 9.97. The molecule has 30 heavy (non-hydrogen) atoms. The van der Waals surface area contributed by atoms with Gasteiger partial charge in [0.05, 0.1) is 27.7 Å². The Labute approximate surface area is 174 Å². The fourth-order valence-corrected chi connectivity index (χ4v) is 4.40. The summed E-state index contributed by atoms with van der Waals surface area (Å²) in [5, 5.41) is 10.0.